The molecule has 1 aliphatic rings. The summed E-state index contributed by atoms with van der Waals surface area (Å²) < 4.78 is 28.4. The Hall–Kier alpha value is -2.90. The Labute approximate surface area is 167 Å². The van der Waals surface area contributed by atoms with Crippen LogP contribution in [0.1, 0.15) is 10.4 Å². The second-order valence-corrected chi connectivity index (χ2v) is 9.60. The van der Waals surface area contributed by atoms with Gasteiger partial charge in [0.25, 0.3) is 10.0 Å². The second-order valence-electron chi connectivity index (χ2n) is 6.67. The molecule has 0 aliphatic heterocycles. The first-order valence-corrected chi connectivity index (χ1v) is 11.2. The van der Waals surface area contributed by atoms with Gasteiger partial charge in [-0.05, 0) is 36.1 Å². The van der Waals surface area contributed by atoms with E-state index in [0.29, 0.717) is 10.8 Å². The van der Waals surface area contributed by atoms with E-state index in [1.165, 1.54) is 15.3 Å². The third-order valence-corrected chi connectivity index (χ3v) is 7.61. The van der Waals surface area contributed by atoms with Gasteiger partial charge in [0.1, 0.15) is 0 Å². The number of aromatic nitrogens is 2. The highest BCUT2D eigenvalue weighted by molar-refractivity contribution is 7.90. The normalized spacial score (nSPS) is 13.1. The first kappa shape index (κ1) is 17.2. The quantitative estimate of drug-likeness (QED) is 0.552. The standard InChI is InChI=1S/C21H17N3O2S2/c22-21-23-19-17-13-24(28(25,26)15-9-5-2-6-10-15)20(14-7-3-1-4-8-14)16(17)11-12-18(19)27-21/h1-10,13H,11-12H2,(H2,22,23). The number of thiazole rings is 1. The van der Waals surface area contributed by atoms with Gasteiger partial charge in [0.05, 0.1) is 16.3 Å². The van der Waals surface area contributed by atoms with Crippen LogP contribution in [0.25, 0.3) is 22.5 Å². The highest BCUT2D eigenvalue weighted by atomic mass is 32.2. The summed E-state index contributed by atoms with van der Waals surface area (Å²) in [4.78, 5) is 5.86. The van der Waals surface area contributed by atoms with E-state index < -0.39 is 10.0 Å². The van der Waals surface area contributed by atoms with Crippen LogP contribution in [-0.4, -0.2) is 17.4 Å². The van der Waals surface area contributed by atoms with Crippen LogP contribution in [0.5, 0.6) is 0 Å². The molecular formula is C21H17N3O2S2. The second kappa shape index (κ2) is 6.32. The lowest BCUT2D eigenvalue weighted by Gasteiger charge is -2.14. The summed E-state index contributed by atoms with van der Waals surface area (Å²) in [7, 11) is -3.75. The fourth-order valence-electron chi connectivity index (χ4n) is 3.76. The van der Waals surface area contributed by atoms with E-state index in [-0.39, 0.29) is 4.90 Å². The van der Waals surface area contributed by atoms with Crippen molar-refractivity contribution in [1.82, 2.24) is 8.96 Å². The predicted molar refractivity (Wildman–Crippen MR) is 112 cm³/mol. The number of hydrogen-bond acceptors (Lipinski definition) is 5. The SMILES string of the molecule is Nc1nc2c(s1)CCc1c-2cn(S(=O)(=O)c2ccccc2)c1-c1ccccc1. The Kier molecular flexibility index (Phi) is 3.89. The monoisotopic (exact) mass is 407 g/mol. The molecule has 5 nitrogen and oxygen atoms in total. The molecule has 0 saturated carbocycles. The largest absolute Gasteiger partial charge is 0.375 e. The Morgan fingerprint density at radius 3 is 2.36 bits per heavy atom. The number of hydrogen-bond donors (Lipinski definition) is 1. The lowest BCUT2D eigenvalue weighted by molar-refractivity contribution is 0.588. The summed E-state index contributed by atoms with van der Waals surface area (Å²) >= 11 is 1.48. The van der Waals surface area contributed by atoms with Gasteiger partial charge in [0.15, 0.2) is 5.13 Å². The van der Waals surface area contributed by atoms with Crippen LogP contribution in [-0.2, 0) is 22.9 Å². The van der Waals surface area contributed by atoms with E-state index in [1.54, 1.807) is 30.5 Å². The Morgan fingerprint density at radius 2 is 1.64 bits per heavy atom. The minimum absolute atomic E-state index is 0.262. The highest BCUT2D eigenvalue weighted by Gasteiger charge is 2.31. The van der Waals surface area contributed by atoms with Crippen LogP contribution < -0.4 is 5.73 Å². The predicted octanol–water partition coefficient (Wildman–Crippen LogP) is 4.20. The number of nitrogens with two attached hydrogens (primary N) is 1. The number of anilines is 1. The van der Waals surface area contributed by atoms with Gasteiger partial charge in [0, 0.05) is 16.6 Å². The van der Waals surface area contributed by atoms with Crippen LogP contribution >= 0.6 is 11.3 Å². The van der Waals surface area contributed by atoms with E-state index in [9.17, 15) is 8.42 Å². The van der Waals surface area contributed by atoms with Gasteiger partial charge in [-0.25, -0.2) is 17.4 Å². The summed E-state index contributed by atoms with van der Waals surface area (Å²) in [5.74, 6) is 0. The van der Waals surface area contributed by atoms with E-state index in [4.69, 9.17) is 5.73 Å². The fraction of sp³-hybridized carbons (Fsp3) is 0.0952. The van der Waals surface area contributed by atoms with Gasteiger partial charge in [0.2, 0.25) is 0 Å². The van der Waals surface area contributed by atoms with Crippen LogP contribution in [0.15, 0.2) is 71.8 Å². The van der Waals surface area contributed by atoms with Crippen LogP contribution in [0, 0.1) is 0 Å². The molecule has 7 heteroatoms. The van der Waals surface area contributed by atoms with Gasteiger partial charge in [-0.3, -0.25) is 0 Å². The summed E-state index contributed by atoms with van der Waals surface area (Å²) in [6, 6.07) is 18.2. The first-order chi connectivity index (χ1) is 13.6. The molecule has 2 aromatic carbocycles. The molecule has 0 radical (unpaired) electrons. The molecule has 2 heterocycles. The number of nitrogen functional groups attached to an aromatic ring is 1. The maximum atomic E-state index is 13.5. The minimum atomic E-state index is -3.75. The molecule has 2 N–H and O–H groups in total. The van der Waals surface area contributed by atoms with Crippen molar-refractivity contribution in [3.05, 3.63) is 77.3 Å². The summed E-state index contributed by atoms with van der Waals surface area (Å²) in [6.45, 7) is 0. The van der Waals surface area contributed by atoms with E-state index in [1.807, 2.05) is 36.4 Å². The van der Waals surface area contributed by atoms with E-state index >= 15 is 0 Å². The van der Waals surface area contributed by atoms with Gasteiger partial charge < -0.3 is 5.73 Å². The van der Waals surface area contributed by atoms with E-state index in [0.717, 1.165) is 40.1 Å². The van der Waals surface area contributed by atoms with Gasteiger partial charge in [-0.1, -0.05) is 48.5 Å². The Balaban J connectivity index is 1.82. The molecule has 1 aliphatic carbocycles. The zero-order valence-corrected chi connectivity index (χ0v) is 16.5. The number of fused-ring (bicyclic) bond motifs is 3. The molecule has 0 spiro atoms. The molecule has 0 unspecified atom stereocenters. The third-order valence-electron chi connectivity index (χ3n) is 5.00. The van der Waals surface area contributed by atoms with Crippen molar-refractivity contribution in [3.63, 3.8) is 0 Å². The molecule has 0 fully saturated rings. The van der Waals surface area contributed by atoms with Gasteiger partial charge in [-0.15, -0.1) is 11.3 Å². The summed E-state index contributed by atoms with van der Waals surface area (Å²) in [6.07, 6.45) is 3.27. The van der Waals surface area contributed by atoms with Gasteiger partial charge >= 0.3 is 0 Å². The zero-order valence-electron chi connectivity index (χ0n) is 14.9. The van der Waals surface area contributed by atoms with Crippen molar-refractivity contribution in [2.24, 2.45) is 0 Å². The van der Waals surface area contributed by atoms with Crippen LogP contribution in [0.3, 0.4) is 0 Å². The number of rotatable bonds is 3. The Bertz CT molecular complexity index is 1270. The zero-order chi connectivity index (χ0) is 19.3. The topological polar surface area (TPSA) is 78.0 Å². The molecule has 5 rings (SSSR count). The van der Waals surface area contributed by atoms with Crippen molar-refractivity contribution in [1.29, 1.82) is 0 Å². The van der Waals surface area contributed by atoms with Gasteiger partial charge in [-0.2, -0.15) is 0 Å². The summed E-state index contributed by atoms with van der Waals surface area (Å²) in [5, 5.41) is 0.512. The molecular weight excluding hydrogens is 390 g/mol. The smallest absolute Gasteiger partial charge is 0.268 e. The van der Waals surface area contributed by atoms with Crippen molar-refractivity contribution >= 4 is 26.5 Å². The summed E-state index contributed by atoms with van der Waals surface area (Å²) in [5.41, 5.74) is 10.2. The Morgan fingerprint density at radius 1 is 0.964 bits per heavy atom. The lowest BCUT2D eigenvalue weighted by atomic mass is 9.93. The number of nitrogens with zero attached hydrogens (tertiary/aromatic N) is 2. The average Bonchev–Trinajstić information content (AvgIpc) is 3.29. The first-order valence-electron chi connectivity index (χ1n) is 8.91. The highest BCUT2D eigenvalue weighted by Crippen LogP contribution is 2.43. The number of aryl methyl sites for hydroxylation is 1. The average molecular weight is 408 g/mol. The third kappa shape index (κ3) is 2.58. The van der Waals surface area contributed by atoms with Crippen LogP contribution in [0.4, 0.5) is 5.13 Å². The molecule has 0 amide bonds. The van der Waals surface area contributed by atoms with Crippen molar-refractivity contribution in [2.75, 3.05) is 5.73 Å². The molecule has 0 bridgehead atoms. The van der Waals surface area contributed by atoms with E-state index in [2.05, 4.69) is 4.98 Å². The lowest BCUT2D eigenvalue weighted by Crippen LogP contribution is -2.13. The maximum absolute atomic E-state index is 13.5. The van der Waals surface area contributed by atoms with Crippen LogP contribution in [0.2, 0.25) is 0 Å². The fourth-order valence-corrected chi connectivity index (χ4v) is 6.03. The van der Waals surface area contributed by atoms with Crippen molar-refractivity contribution in [2.45, 2.75) is 17.7 Å². The van der Waals surface area contributed by atoms with Crippen molar-refractivity contribution in [3.8, 4) is 22.5 Å². The molecule has 140 valence electrons. The molecule has 28 heavy (non-hydrogen) atoms. The number of benzene rings is 2. The maximum Gasteiger partial charge on any atom is 0.268 e. The minimum Gasteiger partial charge on any atom is -0.375 e. The van der Waals surface area contributed by atoms with Crippen molar-refractivity contribution < 1.29 is 8.42 Å². The molecule has 0 atom stereocenters. The molecule has 4 aromatic rings. The molecule has 0 saturated heterocycles. The molecule has 2 aromatic heterocycles.